The Labute approximate surface area is 66.5 Å². The molecule has 1 saturated heterocycles. The van der Waals surface area contributed by atoms with Crippen molar-refractivity contribution in [2.24, 2.45) is 5.73 Å². The first-order valence-electron chi connectivity index (χ1n) is 3.93. The number of nitrogens with two attached hydrogens (primary N) is 1. The maximum Gasteiger partial charge on any atom is 0.218 e. The number of rotatable bonds is 4. The lowest BCUT2D eigenvalue weighted by Gasteiger charge is -2.30. The summed E-state index contributed by atoms with van der Waals surface area (Å²) in [5, 5.41) is 6.43. The summed E-state index contributed by atoms with van der Waals surface area (Å²) in [6, 6.07) is 0.740. The van der Waals surface area contributed by atoms with Crippen LogP contribution in [-0.4, -0.2) is 31.1 Å². The lowest BCUT2D eigenvalue weighted by atomic mass is 10.1. The highest BCUT2D eigenvalue weighted by molar-refractivity contribution is 5.74. The van der Waals surface area contributed by atoms with E-state index >= 15 is 0 Å². The number of carbonyl (C=O) groups is 1. The molecule has 1 unspecified atom stereocenters. The minimum Gasteiger partial charge on any atom is -0.370 e. The van der Waals surface area contributed by atoms with Crippen molar-refractivity contribution in [3.05, 3.63) is 0 Å². The number of hydrogen-bond acceptors (Lipinski definition) is 3. The van der Waals surface area contributed by atoms with Crippen LogP contribution in [0.15, 0.2) is 0 Å². The zero-order valence-electron chi connectivity index (χ0n) is 6.76. The Bertz CT molecular complexity index is 145. The quantitative estimate of drug-likeness (QED) is 0.481. The molecular weight excluding hydrogens is 142 g/mol. The molecule has 4 heteroatoms. The van der Waals surface area contributed by atoms with Crippen molar-refractivity contribution in [2.45, 2.75) is 25.4 Å². The topological polar surface area (TPSA) is 67.2 Å². The van der Waals surface area contributed by atoms with Gasteiger partial charge >= 0.3 is 0 Å². The van der Waals surface area contributed by atoms with Crippen LogP contribution < -0.4 is 16.4 Å². The fourth-order valence-electron chi connectivity index (χ4n) is 1.17. The summed E-state index contributed by atoms with van der Waals surface area (Å²) >= 11 is 0. The molecule has 1 aliphatic rings. The molecule has 4 nitrogen and oxygen atoms in total. The molecule has 0 radical (unpaired) electrons. The predicted molar refractivity (Wildman–Crippen MR) is 43.1 cm³/mol. The molecule has 0 aromatic rings. The molecular formula is C7H15N3O. The molecule has 1 amide bonds. The highest BCUT2D eigenvalue weighted by Gasteiger charge is 2.18. The van der Waals surface area contributed by atoms with Gasteiger partial charge in [-0.15, -0.1) is 0 Å². The summed E-state index contributed by atoms with van der Waals surface area (Å²) in [4.78, 5) is 10.5. The molecule has 11 heavy (non-hydrogen) atoms. The van der Waals surface area contributed by atoms with Gasteiger partial charge in [0.2, 0.25) is 5.91 Å². The van der Waals surface area contributed by atoms with Gasteiger partial charge in [0.25, 0.3) is 0 Å². The second kappa shape index (κ2) is 3.69. The van der Waals surface area contributed by atoms with Crippen LogP contribution in [0.1, 0.15) is 13.3 Å². The van der Waals surface area contributed by atoms with E-state index in [4.69, 9.17) is 5.73 Å². The molecule has 0 aromatic carbocycles. The second-order valence-electron chi connectivity index (χ2n) is 3.09. The number of carbonyl (C=O) groups excluding carboxylic acids is 1. The second-order valence-corrected chi connectivity index (χ2v) is 3.09. The van der Waals surface area contributed by atoms with Crippen molar-refractivity contribution >= 4 is 5.91 Å². The molecule has 0 aromatic heterocycles. The minimum atomic E-state index is -0.239. The van der Waals surface area contributed by atoms with E-state index in [1.807, 2.05) is 6.92 Å². The summed E-state index contributed by atoms with van der Waals surface area (Å²) in [6.07, 6.45) is 0.427. The minimum absolute atomic E-state index is 0.208. The van der Waals surface area contributed by atoms with Crippen molar-refractivity contribution < 1.29 is 4.79 Å². The zero-order chi connectivity index (χ0) is 8.27. The maximum absolute atomic E-state index is 10.5. The van der Waals surface area contributed by atoms with Crippen LogP contribution in [0, 0.1) is 0 Å². The maximum atomic E-state index is 10.5. The van der Waals surface area contributed by atoms with Crippen molar-refractivity contribution in [3.63, 3.8) is 0 Å². The monoisotopic (exact) mass is 157 g/mol. The molecule has 1 rings (SSSR count). The number of amides is 1. The highest BCUT2D eigenvalue weighted by atomic mass is 16.1. The van der Waals surface area contributed by atoms with E-state index in [-0.39, 0.29) is 11.9 Å². The summed E-state index contributed by atoms with van der Waals surface area (Å²) in [7, 11) is 0. The van der Waals surface area contributed by atoms with Gasteiger partial charge < -0.3 is 16.4 Å². The van der Waals surface area contributed by atoms with E-state index in [0.29, 0.717) is 12.5 Å². The van der Waals surface area contributed by atoms with Crippen LogP contribution in [0.2, 0.25) is 0 Å². The highest BCUT2D eigenvalue weighted by Crippen LogP contribution is 1.96. The molecule has 1 fully saturated rings. The standard InChI is InChI=1S/C7H15N3O/c1-5(2-7(8)11)10-6-3-9-4-6/h5-6,9-10H,2-4H2,1H3,(H2,8,11). The van der Waals surface area contributed by atoms with Crippen LogP contribution in [0.5, 0.6) is 0 Å². The molecule has 0 saturated carbocycles. The van der Waals surface area contributed by atoms with E-state index in [9.17, 15) is 4.79 Å². The molecule has 1 heterocycles. The first-order chi connectivity index (χ1) is 5.18. The third-order valence-electron chi connectivity index (χ3n) is 1.81. The molecule has 0 aliphatic carbocycles. The summed E-state index contributed by atoms with van der Waals surface area (Å²) < 4.78 is 0. The van der Waals surface area contributed by atoms with Crippen molar-refractivity contribution in [2.75, 3.05) is 13.1 Å². The Balaban J connectivity index is 2.09. The average Bonchev–Trinajstić information content (AvgIpc) is 1.77. The van der Waals surface area contributed by atoms with Gasteiger partial charge in [-0.2, -0.15) is 0 Å². The van der Waals surface area contributed by atoms with Gasteiger partial charge in [0.05, 0.1) is 0 Å². The summed E-state index contributed by atoms with van der Waals surface area (Å²) in [5.41, 5.74) is 5.03. The Morgan fingerprint density at radius 2 is 2.45 bits per heavy atom. The van der Waals surface area contributed by atoms with Gasteiger partial charge in [-0.1, -0.05) is 0 Å². The Hall–Kier alpha value is -0.610. The number of primary amides is 1. The van der Waals surface area contributed by atoms with E-state index in [1.54, 1.807) is 0 Å². The largest absolute Gasteiger partial charge is 0.370 e. The van der Waals surface area contributed by atoms with Gasteiger partial charge in [-0.25, -0.2) is 0 Å². The van der Waals surface area contributed by atoms with Gasteiger partial charge in [0.15, 0.2) is 0 Å². The Morgan fingerprint density at radius 3 is 2.82 bits per heavy atom. The van der Waals surface area contributed by atoms with Gasteiger partial charge in [-0.3, -0.25) is 4.79 Å². The normalized spacial score (nSPS) is 20.8. The lowest BCUT2D eigenvalue weighted by molar-refractivity contribution is -0.118. The molecule has 0 spiro atoms. The Morgan fingerprint density at radius 1 is 1.82 bits per heavy atom. The van der Waals surface area contributed by atoms with Crippen molar-refractivity contribution in [1.82, 2.24) is 10.6 Å². The molecule has 4 N–H and O–H groups in total. The fourth-order valence-corrected chi connectivity index (χ4v) is 1.17. The van der Waals surface area contributed by atoms with Crippen molar-refractivity contribution in [1.29, 1.82) is 0 Å². The molecule has 1 aliphatic heterocycles. The Kier molecular flexibility index (Phi) is 2.84. The predicted octanol–water partition coefficient (Wildman–Crippen LogP) is -1.19. The number of hydrogen-bond donors (Lipinski definition) is 3. The van der Waals surface area contributed by atoms with Crippen molar-refractivity contribution in [3.8, 4) is 0 Å². The van der Waals surface area contributed by atoms with E-state index < -0.39 is 0 Å². The van der Waals surface area contributed by atoms with Crippen LogP contribution in [0.4, 0.5) is 0 Å². The van der Waals surface area contributed by atoms with Crippen LogP contribution >= 0.6 is 0 Å². The third kappa shape index (κ3) is 2.86. The van der Waals surface area contributed by atoms with Gasteiger partial charge in [0, 0.05) is 31.6 Å². The summed E-state index contributed by atoms with van der Waals surface area (Å²) in [5.74, 6) is -0.239. The van der Waals surface area contributed by atoms with Crippen LogP contribution in [-0.2, 0) is 4.79 Å². The first-order valence-corrected chi connectivity index (χ1v) is 3.93. The first kappa shape index (κ1) is 8.49. The molecule has 64 valence electrons. The fraction of sp³-hybridized carbons (Fsp3) is 0.857. The molecule has 0 bridgehead atoms. The van der Waals surface area contributed by atoms with E-state index in [0.717, 1.165) is 13.1 Å². The van der Waals surface area contributed by atoms with E-state index in [2.05, 4.69) is 10.6 Å². The van der Waals surface area contributed by atoms with Crippen LogP contribution in [0.3, 0.4) is 0 Å². The third-order valence-corrected chi connectivity index (χ3v) is 1.81. The molecule has 1 atom stereocenters. The van der Waals surface area contributed by atoms with Gasteiger partial charge in [-0.05, 0) is 6.92 Å². The average molecular weight is 157 g/mol. The van der Waals surface area contributed by atoms with Crippen LogP contribution in [0.25, 0.3) is 0 Å². The smallest absolute Gasteiger partial charge is 0.218 e. The zero-order valence-corrected chi connectivity index (χ0v) is 6.76. The SMILES string of the molecule is CC(CC(N)=O)NC1CNC1. The van der Waals surface area contributed by atoms with Gasteiger partial charge in [0.1, 0.15) is 0 Å². The summed E-state index contributed by atoms with van der Waals surface area (Å²) in [6.45, 7) is 3.98. The lowest BCUT2D eigenvalue weighted by Crippen LogP contribution is -2.57. The number of nitrogens with one attached hydrogen (secondary N) is 2. The van der Waals surface area contributed by atoms with E-state index in [1.165, 1.54) is 0 Å².